The molecule has 0 spiro atoms. The molecule has 3 N–H and O–H groups in total. The molecule has 0 aliphatic rings. The number of aromatic nitrogens is 3. The van der Waals surface area contributed by atoms with Gasteiger partial charge in [0.25, 0.3) is 11.8 Å². The van der Waals surface area contributed by atoms with Crippen LogP contribution in [-0.2, 0) is 0 Å². The number of benzene rings is 1. The van der Waals surface area contributed by atoms with Gasteiger partial charge in [0.15, 0.2) is 11.3 Å². The van der Waals surface area contributed by atoms with Crippen molar-refractivity contribution in [2.75, 3.05) is 6.54 Å². The summed E-state index contributed by atoms with van der Waals surface area (Å²) in [6.45, 7) is 2.32. The molecule has 0 aliphatic heterocycles. The molecule has 7 nitrogen and oxygen atoms in total. The van der Waals surface area contributed by atoms with Crippen LogP contribution in [0.15, 0.2) is 42.7 Å². The average Bonchev–Trinajstić information content (AvgIpc) is 2.99. The van der Waals surface area contributed by atoms with Crippen LogP contribution in [0.2, 0.25) is 0 Å². The fourth-order valence-electron chi connectivity index (χ4n) is 2.33. The molecule has 0 bridgehead atoms. The fraction of sp³-hybridized carbons (Fsp3) is 0.125. The number of carbonyl (C=O) groups is 2. The van der Waals surface area contributed by atoms with Gasteiger partial charge in [-0.1, -0.05) is 30.3 Å². The normalized spacial score (nSPS) is 10.7. The number of hydrogen-bond acceptors (Lipinski definition) is 4. The van der Waals surface area contributed by atoms with E-state index in [1.807, 2.05) is 37.3 Å². The molecule has 2 aromatic heterocycles. The van der Waals surface area contributed by atoms with E-state index in [0.717, 1.165) is 5.56 Å². The number of hydrogen-bond donors (Lipinski definition) is 2. The van der Waals surface area contributed by atoms with Gasteiger partial charge < -0.3 is 11.1 Å². The van der Waals surface area contributed by atoms with E-state index in [9.17, 15) is 9.59 Å². The van der Waals surface area contributed by atoms with Crippen molar-refractivity contribution in [2.24, 2.45) is 5.73 Å². The van der Waals surface area contributed by atoms with Crippen molar-refractivity contribution in [3.8, 4) is 11.3 Å². The topological polar surface area (TPSA) is 102 Å². The molecule has 0 saturated carbocycles. The van der Waals surface area contributed by atoms with Gasteiger partial charge in [0.1, 0.15) is 12.0 Å². The van der Waals surface area contributed by atoms with E-state index in [4.69, 9.17) is 5.73 Å². The molecule has 3 aromatic rings. The minimum atomic E-state index is -0.688. The van der Waals surface area contributed by atoms with Crippen molar-refractivity contribution in [2.45, 2.75) is 6.92 Å². The standard InChI is InChI=1S/C16H15N5O2/c1-2-18-16(23)12-8-11(10-6-4-3-5-7-10)20-15-13(14(17)22)19-9-21(12)15/h3-9H,2H2,1H3,(H2,17,22)(H,18,23). The Bertz CT molecular complexity index is 886. The molecule has 0 fully saturated rings. The highest BCUT2D eigenvalue weighted by molar-refractivity contribution is 5.99. The van der Waals surface area contributed by atoms with Gasteiger partial charge in [-0.2, -0.15) is 0 Å². The summed E-state index contributed by atoms with van der Waals surface area (Å²) in [4.78, 5) is 32.3. The van der Waals surface area contributed by atoms with Gasteiger partial charge in [0, 0.05) is 12.1 Å². The third-order valence-corrected chi connectivity index (χ3v) is 3.37. The maximum Gasteiger partial charge on any atom is 0.271 e. The van der Waals surface area contributed by atoms with E-state index in [-0.39, 0.29) is 17.2 Å². The average molecular weight is 309 g/mol. The van der Waals surface area contributed by atoms with Crippen molar-refractivity contribution < 1.29 is 9.59 Å². The Morgan fingerprint density at radius 3 is 2.65 bits per heavy atom. The summed E-state index contributed by atoms with van der Waals surface area (Å²) in [5.74, 6) is -0.961. The fourth-order valence-corrected chi connectivity index (χ4v) is 2.33. The number of rotatable bonds is 4. The smallest absolute Gasteiger partial charge is 0.271 e. The Balaban J connectivity index is 2.28. The predicted molar refractivity (Wildman–Crippen MR) is 84.9 cm³/mol. The number of fused-ring (bicyclic) bond motifs is 1. The third kappa shape index (κ3) is 2.64. The van der Waals surface area contributed by atoms with Crippen LogP contribution in [0.4, 0.5) is 0 Å². The minimum absolute atomic E-state index is 0.0355. The Morgan fingerprint density at radius 2 is 2.00 bits per heavy atom. The first-order chi connectivity index (χ1) is 11.1. The van der Waals surface area contributed by atoms with Gasteiger partial charge in [-0.25, -0.2) is 9.97 Å². The van der Waals surface area contributed by atoms with Crippen LogP contribution in [0.3, 0.4) is 0 Å². The van der Waals surface area contributed by atoms with E-state index in [2.05, 4.69) is 15.3 Å². The highest BCUT2D eigenvalue weighted by Crippen LogP contribution is 2.21. The van der Waals surface area contributed by atoms with E-state index in [0.29, 0.717) is 17.9 Å². The van der Waals surface area contributed by atoms with Crippen LogP contribution in [0.5, 0.6) is 0 Å². The molecule has 2 heterocycles. The van der Waals surface area contributed by atoms with Crippen LogP contribution in [0, 0.1) is 0 Å². The minimum Gasteiger partial charge on any atom is -0.364 e. The SMILES string of the molecule is CCNC(=O)c1cc(-c2ccccc2)nc2c(C(N)=O)ncn12. The van der Waals surface area contributed by atoms with Crippen LogP contribution < -0.4 is 11.1 Å². The van der Waals surface area contributed by atoms with Crippen molar-refractivity contribution in [3.05, 3.63) is 54.1 Å². The molecule has 23 heavy (non-hydrogen) atoms. The molecular weight excluding hydrogens is 294 g/mol. The second-order valence-corrected chi connectivity index (χ2v) is 4.90. The summed E-state index contributed by atoms with van der Waals surface area (Å²) in [7, 11) is 0. The second kappa shape index (κ2) is 5.88. The van der Waals surface area contributed by atoms with Crippen molar-refractivity contribution in [1.82, 2.24) is 19.7 Å². The molecule has 7 heteroatoms. The lowest BCUT2D eigenvalue weighted by molar-refractivity contribution is 0.0947. The van der Waals surface area contributed by atoms with Crippen LogP contribution in [-0.4, -0.2) is 32.7 Å². The monoisotopic (exact) mass is 309 g/mol. The Labute approximate surface area is 132 Å². The number of nitrogens with one attached hydrogen (secondary N) is 1. The molecule has 0 aliphatic carbocycles. The quantitative estimate of drug-likeness (QED) is 0.757. The largest absolute Gasteiger partial charge is 0.364 e. The molecule has 0 saturated heterocycles. The highest BCUT2D eigenvalue weighted by atomic mass is 16.2. The predicted octanol–water partition coefficient (Wildman–Crippen LogP) is 1.24. The van der Waals surface area contributed by atoms with Gasteiger partial charge in [0.05, 0.1) is 5.69 Å². The Morgan fingerprint density at radius 1 is 1.26 bits per heavy atom. The number of nitrogens with two attached hydrogens (primary N) is 1. The van der Waals surface area contributed by atoms with Crippen molar-refractivity contribution in [1.29, 1.82) is 0 Å². The maximum absolute atomic E-state index is 12.3. The number of carbonyl (C=O) groups excluding carboxylic acids is 2. The summed E-state index contributed by atoms with van der Waals surface area (Å²) >= 11 is 0. The molecule has 116 valence electrons. The first-order valence-electron chi connectivity index (χ1n) is 7.13. The number of amides is 2. The molecule has 2 amide bonds. The molecular formula is C16H15N5O2. The summed E-state index contributed by atoms with van der Waals surface area (Å²) in [5.41, 5.74) is 7.39. The Hall–Kier alpha value is -3.22. The zero-order chi connectivity index (χ0) is 16.4. The van der Waals surface area contributed by atoms with Crippen molar-refractivity contribution in [3.63, 3.8) is 0 Å². The molecule has 0 radical (unpaired) electrons. The van der Waals surface area contributed by atoms with E-state index < -0.39 is 5.91 Å². The van der Waals surface area contributed by atoms with Gasteiger partial charge >= 0.3 is 0 Å². The molecule has 0 unspecified atom stereocenters. The lowest BCUT2D eigenvalue weighted by Crippen LogP contribution is -2.25. The maximum atomic E-state index is 12.3. The summed E-state index contributed by atoms with van der Waals surface area (Å²) in [6.07, 6.45) is 1.38. The van der Waals surface area contributed by atoms with Crippen LogP contribution in [0.25, 0.3) is 16.9 Å². The number of imidazole rings is 1. The van der Waals surface area contributed by atoms with Gasteiger partial charge in [-0.05, 0) is 13.0 Å². The van der Waals surface area contributed by atoms with Gasteiger partial charge in [-0.3, -0.25) is 14.0 Å². The lowest BCUT2D eigenvalue weighted by atomic mass is 10.1. The van der Waals surface area contributed by atoms with Gasteiger partial charge in [0.2, 0.25) is 0 Å². The first kappa shape index (κ1) is 14.7. The van der Waals surface area contributed by atoms with Crippen LogP contribution >= 0.6 is 0 Å². The first-order valence-corrected chi connectivity index (χ1v) is 7.13. The highest BCUT2D eigenvalue weighted by Gasteiger charge is 2.19. The number of primary amides is 1. The summed E-state index contributed by atoms with van der Waals surface area (Å²) in [6, 6.07) is 11.1. The van der Waals surface area contributed by atoms with Gasteiger partial charge in [-0.15, -0.1) is 0 Å². The van der Waals surface area contributed by atoms with Crippen LogP contribution in [0.1, 0.15) is 27.9 Å². The van der Waals surface area contributed by atoms with E-state index in [1.165, 1.54) is 10.7 Å². The van der Waals surface area contributed by atoms with E-state index in [1.54, 1.807) is 6.07 Å². The molecule has 0 atom stereocenters. The third-order valence-electron chi connectivity index (χ3n) is 3.37. The second-order valence-electron chi connectivity index (χ2n) is 4.90. The summed E-state index contributed by atoms with van der Waals surface area (Å²) < 4.78 is 1.47. The Kier molecular flexibility index (Phi) is 3.76. The summed E-state index contributed by atoms with van der Waals surface area (Å²) in [5, 5.41) is 2.74. The zero-order valence-electron chi connectivity index (χ0n) is 12.5. The molecule has 1 aromatic carbocycles. The lowest BCUT2D eigenvalue weighted by Gasteiger charge is -2.09. The zero-order valence-corrected chi connectivity index (χ0v) is 12.5. The number of nitrogens with zero attached hydrogens (tertiary/aromatic N) is 3. The van der Waals surface area contributed by atoms with E-state index >= 15 is 0 Å². The van der Waals surface area contributed by atoms with Crippen molar-refractivity contribution >= 4 is 17.5 Å². The molecule has 3 rings (SSSR count).